The Bertz CT molecular complexity index is 1060. The van der Waals surface area contributed by atoms with Gasteiger partial charge in [0.2, 0.25) is 10.0 Å². The molecule has 3 aromatic rings. The van der Waals surface area contributed by atoms with Crippen molar-refractivity contribution in [2.45, 2.75) is 11.4 Å². The minimum Gasteiger partial charge on any atom is -0.497 e. The molecule has 0 aliphatic carbocycles. The predicted molar refractivity (Wildman–Crippen MR) is 111 cm³/mol. The number of piperazine rings is 1. The Morgan fingerprint density at radius 1 is 0.857 bits per heavy atom. The first kappa shape index (κ1) is 18.9. The fourth-order valence-electron chi connectivity index (χ4n) is 3.62. The Hall–Kier alpha value is -2.41. The van der Waals surface area contributed by atoms with Crippen LogP contribution in [0.5, 0.6) is 5.75 Å². The second-order valence-corrected chi connectivity index (χ2v) is 8.98. The highest BCUT2D eigenvalue weighted by Gasteiger charge is 2.28. The lowest BCUT2D eigenvalue weighted by Gasteiger charge is -2.34. The first-order valence-corrected chi connectivity index (χ1v) is 10.8. The Morgan fingerprint density at radius 2 is 1.54 bits per heavy atom. The summed E-state index contributed by atoms with van der Waals surface area (Å²) in [6, 6.07) is 21.4. The van der Waals surface area contributed by atoms with Gasteiger partial charge in [0.15, 0.2) is 0 Å². The zero-order chi connectivity index (χ0) is 19.6. The lowest BCUT2D eigenvalue weighted by Crippen LogP contribution is -2.48. The van der Waals surface area contributed by atoms with Gasteiger partial charge < -0.3 is 4.74 Å². The number of nitrogens with zero attached hydrogens (tertiary/aromatic N) is 2. The predicted octanol–water partition coefficient (Wildman–Crippen LogP) is 3.35. The van der Waals surface area contributed by atoms with Gasteiger partial charge in [-0.3, -0.25) is 4.90 Å². The number of ether oxygens (including phenoxy) is 1. The normalized spacial score (nSPS) is 16.3. The first-order valence-electron chi connectivity index (χ1n) is 9.40. The smallest absolute Gasteiger partial charge is 0.243 e. The zero-order valence-electron chi connectivity index (χ0n) is 15.9. The molecule has 0 saturated carbocycles. The van der Waals surface area contributed by atoms with Crippen LogP contribution in [0.3, 0.4) is 0 Å². The summed E-state index contributed by atoms with van der Waals surface area (Å²) in [5.41, 5.74) is 1.25. The van der Waals surface area contributed by atoms with E-state index < -0.39 is 10.0 Å². The SMILES string of the molecule is COc1ccc(S(=O)(=O)N2CCN(Cc3ccc4ccccc4c3)CC2)cc1. The van der Waals surface area contributed by atoms with E-state index >= 15 is 0 Å². The average Bonchev–Trinajstić information content (AvgIpc) is 2.74. The molecule has 146 valence electrons. The van der Waals surface area contributed by atoms with Gasteiger partial charge in [0, 0.05) is 32.7 Å². The lowest BCUT2D eigenvalue weighted by atomic mass is 10.1. The minimum absolute atomic E-state index is 0.316. The van der Waals surface area contributed by atoms with E-state index in [1.165, 1.54) is 16.3 Å². The Kier molecular flexibility index (Phi) is 5.35. The molecule has 5 nitrogen and oxygen atoms in total. The fourth-order valence-corrected chi connectivity index (χ4v) is 5.04. The summed E-state index contributed by atoms with van der Waals surface area (Å²) >= 11 is 0. The molecule has 0 aromatic heterocycles. The van der Waals surface area contributed by atoms with Crippen LogP contribution in [-0.2, 0) is 16.6 Å². The minimum atomic E-state index is -3.46. The van der Waals surface area contributed by atoms with Crippen molar-refractivity contribution in [1.82, 2.24) is 9.21 Å². The molecule has 28 heavy (non-hydrogen) atoms. The third-order valence-corrected chi connectivity index (χ3v) is 7.16. The van der Waals surface area contributed by atoms with E-state index in [0.29, 0.717) is 23.7 Å². The maximum Gasteiger partial charge on any atom is 0.243 e. The lowest BCUT2D eigenvalue weighted by molar-refractivity contribution is 0.181. The van der Waals surface area contributed by atoms with Gasteiger partial charge in [-0.2, -0.15) is 4.31 Å². The highest BCUT2D eigenvalue weighted by atomic mass is 32.2. The summed E-state index contributed by atoms with van der Waals surface area (Å²) in [4.78, 5) is 2.63. The second kappa shape index (κ2) is 7.91. The molecule has 1 fully saturated rings. The van der Waals surface area contributed by atoms with Gasteiger partial charge in [-0.15, -0.1) is 0 Å². The molecule has 0 radical (unpaired) electrons. The van der Waals surface area contributed by atoms with Gasteiger partial charge in [-0.25, -0.2) is 8.42 Å². The van der Waals surface area contributed by atoms with E-state index in [2.05, 4.69) is 41.3 Å². The number of benzene rings is 3. The molecule has 0 bridgehead atoms. The molecule has 4 rings (SSSR count). The number of methoxy groups -OCH3 is 1. The van der Waals surface area contributed by atoms with Crippen LogP contribution in [-0.4, -0.2) is 50.9 Å². The van der Waals surface area contributed by atoms with Crippen molar-refractivity contribution in [3.63, 3.8) is 0 Å². The molecule has 1 saturated heterocycles. The molecule has 0 atom stereocenters. The number of fused-ring (bicyclic) bond motifs is 1. The van der Waals surface area contributed by atoms with Gasteiger partial charge in [-0.1, -0.05) is 36.4 Å². The quantitative estimate of drug-likeness (QED) is 0.664. The first-order chi connectivity index (χ1) is 13.6. The third kappa shape index (κ3) is 3.90. The topological polar surface area (TPSA) is 49.9 Å². The second-order valence-electron chi connectivity index (χ2n) is 7.04. The number of rotatable bonds is 5. The largest absolute Gasteiger partial charge is 0.497 e. The molecule has 0 unspecified atom stereocenters. The van der Waals surface area contributed by atoms with Crippen molar-refractivity contribution >= 4 is 20.8 Å². The summed E-state index contributed by atoms with van der Waals surface area (Å²) in [7, 11) is -1.89. The van der Waals surface area contributed by atoms with Gasteiger partial charge in [0.1, 0.15) is 5.75 Å². The van der Waals surface area contributed by atoms with Crippen LogP contribution in [0.1, 0.15) is 5.56 Å². The van der Waals surface area contributed by atoms with Crippen LogP contribution in [0.25, 0.3) is 10.8 Å². The monoisotopic (exact) mass is 396 g/mol. The van der Waals surface area contributed by atoms with Crippen LogP contribution < -0.4 is 4.74 Å². The summed E-state index contributed by atoms with van der Waals surface area (Å²) in [6.07, 6.45) is 0. The van der Waals surface area contributed by atoms with E-state index in [0.717, 1.165) is 19.6 Å². The maximum atomic E-state index is 12.9. The molecule has 6 heteroatoms. The number of sulfonamides is 1. The number of hydrogen-bond donors (Lipinski definition) is 0. The fraction of sp³-hybridized carbons (Fsp3) is 0.273. The van der Waals surface area contributed by atoms with Crippen LogP contribution in [0.15, 0.2) is 71.6 Å². The van der Waals surface area contributed by atoms with Gasteiger partial charge in [-0.05, 0) is 46.7 Å². The maximum absolute atomic E-state index is 12.9. The molecular weight excluding hydrogens is 372 g/mol. The molecule has 0 spiro atoms. The van der Waals surface area contributed by atoms with Gasteiger partial charge in [0.05, 0.1) is 12.0 Å². The van der Waals surface area contributed by atoms with Crippen molar-refractivity contribution < 1.29 is 13.2 Å². The Labute approximate surface area is 166 Å². The molecule has 3 aromatic carbocycles. The molecule has 0 N–H and O–H groups in total. The zero-order valence-corrected chi connectivity index (χ0v) is 16.7. The van der Waals surface area contributed by atoms with Crippen molar-refractivity contribution in [2.75, 3.05) is 33.3 Å². The summed E-state index contributed by atoms with van der Waals surface area (Å²) < 4.78 is 32.4. The van der Waals surface area contributed by atoms with E-state index in [4.69, 9.17) is 4.74 Å². The van der Waals surface area contributed by atoms with Crippen molar-refractivity contribution in [1.29, 1.82) is 0 Å². The summed E-state index contributed by atoms with van der Waals surface area (Å²) in [6.45, 7) is 3.29. The highest BCUT2D eigenvalue weighted by Crippen LogP contribution is 2.22. The van der Waals surface area contributed by atoms with E-state index in [1.54, 1.807) is 35.7 Å². The van der Waals surface area contributed by atoms with Crippen molar-refractivity contribution in [2.24, 2.45) is 0 Å². The number of hydrogen-bond acceptors (Lipinski definition) is 4. The van der Waals surface area contributed by atoms with Crippen LogP contribution in [0, 0.1) is 0 Å². The molecular formula is C22H24N2O3S. The molecule has 1 heterocycles. The van der Waals surface area contributed by atoms with Gasteiger partial charge >= 0.3 is 0 Å². The summed E-state index contributed by atoms with van der Waals surface area (Å²) in [5.74, 6) is 0.652. The van der Waals surface area contributed by atoms with Crippen LogP contribution in [0.2, 0.25) is 0 Å². The molecule has 1 aliphatic heterocycles. The molecule has 1 aliphatic rings. The van der Waals surface area contributed by atoms with E-state index in [1.807, 2.05) is 6.07 Å². The highest BCUT2D eigenvalue weighted by molar-refractivity contribution is 7.89. The Morgan fingerprint density at radius 3 is 2.21 bits per heavy atom. The average molecular weight is 397 g/mol. The summed E-state index contributed by atoms with van der Waals surface area (Å²) in [5, 5.41) is 2.47. The van der Waals surface area contributed by atoms with Crippen molar-refractivity contribution in [3.05, 3.63) is 72.3 Å². The van der Waals surface area contributed by atoms with Crippen molar-refractivity contribution in [3.8, 4) is 5.75 Å². The Balaban J connectivity index is 1.40. The van der Waals surface area contributed by atoms with Crippen LogP contribution >= 0.6 is 0 Å². The van der Waals surface area contributed by atoms with E-state index in [9.17, 15) is 8.42 Å². The van der Waals surface area contributed by atoms with E-state index in [-0.39, 0.29) is 0 Å². The standard InChI is InChI=1S/C22H24N2O3S/c1-27-21-8-10-22(11-9-21)28(25,26)24-14-12-23(13-15-24)17-18-6-7-19-4-2-3-5-20(19)16-18/h2-11,16H,12-15,17H2,1H3. The third-order valence-electron chi connectivity index (χ3n) is 5.25. The van der Waals surface area contributed by atoms with Gasteiger partial charge in [0.25, 0.3) is 0 Å². The molecule has 0 amide bonds. The van der Waals surface area contributed by atoms with Crippen LogP contribution in [0.4, 0.5) is 0 Å².